The number of anilines is 1. The van der Waals surface area contributed by atoms with Gasteiger partial charge in [0.15, 0.2) is 0 Å². The Kier molecular flexibility index (Phi) is 5.96. The lowest BCUT2D eigenvalue weighted by Crippen LogP contribution is -2.34. The highest BCUT2D eigenvalue weighted by Crippen LogP contribution is 2.16. The van der Waals surface area contributed by atoms with Crippen LogP contribution < -0.4 is 10.6 Å². The third kappa shape index (κ3) is 5.03. The lowest BCUT2D eigenvalue weighted by Gasteiger charge is -2.19. The van der Waals surface area contributed by atoms with E-state index in [9.17, 15) is 4.79 Å². The monoisotopic (exact) mass is 330 g/mol. The van der Waals surface area contributed by atoms with Crippen LogP contribution in [-0.2, 0) is 11.2 Å². The van der Waals surface area contributed by atoms with E-state index in [-0.39, 0.29) is 11.9 Å². The van der Waals surface area contributed by atoms with Gasteiger partial charge in [0.1, 0.15) is 6.04 Å². The summed E-state index contributed by atoms with van der Waals surface area (Å²) in [6.45, 7) is 0.728. The average molecular weight is 330 g/mol. The zero-order chi connectivity index (χ0) is 17.3. The van der Waals surface area contributed by atoms with Crippen LogP contribution in [0.1, 0.15) is 17.2 Å². The zero-order valence-corrected chi connectivity index (χ0v) is 14.1. The third-order valence-corrected chi connectivity index (χ3v) is 4.04. The van der Waals surface area contributed by atoms with Gasteiger partial charge in [-0.15, -0.1) is 0 Å². The van der Waals surface area contributed by atoms with Crippen molar-refractivity contribution in [2.75, 3.05) is 11.9 Å². The third-order valence-electron chi connectivity index (χ3n) is 4.04. The predicted molar refractivity (Wildman–Crippen MR) is 102 cm³/mol. The molecule has 0 bridgehead atoms. The molecule has 126 valence electrons. The molecule has 3 heteroatoms. The van der Waals surface area contributed by atoms with E-state index in [0.29, 0.717) is 0 Å². The first-order valence-corrected chi connectivity index (χ1v) is 8.51. The summed E-state index contributed by atoms with van der Waals surface area (Å²) in [4.78, 5) is 12.8. The van der Waals surface area contributed by atoms with E-state index in [1.54, 1.807) is 0 Å². The van der Waals surface area contributed by atoms with Gasteiger partial charge in [0.25, 0.3) is 0 Å². The number of nitrogens with one attached hydrogen (secondary N) is 2. The normalized spacial score (nSPS) is 11.7. The molecule has 3 aromatic rings. The van der Waals surface area contributed by atoms with Crippen molar-refractivity contribution in [3.05, 3.63) is 102 Å². The quantitative estimate of drug-likeness (QED) is 0.682. The minimum atomic E-state index is -0.384. The Labute approximate surface area is 148 Å². The standard InChI is InChI=1S/C22H22N2O/c25-22(24-20-14-8-3-9-15-20)21(19-12-6-2-7-13-19)23-17-16-18-10-4-1-5-11-18/h1-15,21,23H,16-17H2,(H,24,25)/t21-/m1/s1. The predicted octanol–water partition coefficient (Wildman–Crippen LogP) is 4.20. The van der Waals surface area contributed by atoms with Crippen LogP contribution >= 0.6 is 0 Å². The van der Waals surface area contributed by atoms with Crippen LogP contribution in [0.3, 0.4) is 0 Å². The molecule has 0 saturated carbocycles. The Balaban J connectivity index is 1.68. The van der Waals surface area contributed by atoms with Crippen LogP contribution in [0.4, 0.5) is 5.69 Å². The molecular weight excluding hydrogens is 308 g/mol. The van der Waals surface area contributed by atoms with E-state index in [1.165, 1.54) is 5.56 Å². The molecular formula is C22H22N2O. The van der Waals surface area contributed by atoms with Crippen molar-refractivity contribution < 1.29 is 4.79 Å². The van der Waals surface area contributed by atoms with Gasteiger partial charge < -0.3 is 10.6 Å². The molecule has 0 saturated heterocycles. The number of para-hydroxylation sites is 1. The first-order valence-electron chi connectivity index (χ1n) is 8.51. The smallest absolute Gasteiger partial charge is 0.246 e. The summed E-state index contributed by atoms with van der Waals surface area (Å²) in [5.41, 5.74) is 3.02. The summed E-state index contributed by atoms with van der Waals surface area (Å²) in [6.07, 6.45) is 0.878. The Hall–Kier alpha value is -2.91. The van der Waals surface area contributed by atoms with Gasteiger partial charge in [0.05, 0.1) is 0 Å². The van der Waals surface area contributed by atoms with E-state index in [4.69, 9.17) is 0 Å². The molecule has 0 spiro atoms. The van der Waals surface area contributed by atoms with Crippen molar-refractivity contribution in [2.45, 2.75) is 12.5 Å². The number of rotatable bonds is 7. The highest BCUT2D eigenvalue weighted by molar-refractivity contribution is 5.95. The minimum Gasteiger partial charge on any atom is -0.324 e. The van der Waals surface area contributed by atoms with Crippen LogP contribution in [0, 0.1) is 0 Å². The highest BCUT2D eigenvalue weighted by Gasteiger charge is 2.19. The van der Waals surface area contributed by atoms with Crippen molar-refractivity contribution in [1.29, 1.82) is 0 Å². The molecule has 3 rings (SSSR count). The van der Waals surface area contributed by atoms with E-state index >= 15 is 0 Å². The van der Waals surface area contributed by atoms with Crippen LogP contribution in [-0.4, -0.2) is 12.5 Å². The van der Waals surface area contributed by atoms with Gasteiger partial charge in [-0.05, 0) is 29.7 Å². The fraction of sp³-hybridized carbons (Fsp3) is 0.136. The van der Waals surface area contributed by atoms with Crippen LogP contribution in [0.2, 0.25) is 0 Å². The number of hydrogen-bond donors (Lipinski definition) is 2. The second kappa shape index (κ2) is 8.81. The summed E-state index contributed by atoms with van der Waals surface area (Å²) in [7, 11) is 0. The summed E-state index contributed by atoms with van der Waals surface area (Å²) in [5, 5.41) is 6.38. The number of carbonyl (C=O) groups excluding carboxylic acids is 1. The highest BCUT2D eigenvalue weighted by atomic mass is 16.2. The molecule has 3 nitrogen and oxygen atoms in total. The van der Waals surface area contributed by atoms with Gasteiger partial charge in [-0.2, -0.15) is 0 Å². The van der Waals surface area contributed by atoms with Crippen molar-refractivity contribution in [3.63, 3.8) is 0 Å². The molecule has 0 unspecified atom stereocenters. The van der Waals surface area contributed by atoms with Gasteiger partial charge >= 0.3 is 0 Å². The molecule has 0 aliphatic rings. The summed E-state index contributed by atoms with van der Waals surface area (Å²) >= 11 is 0. The van der Waals surface area contributed by atoms with Crippen molar-refractivity contribution in [1.82, 2.24) is 5.32 Å². The Morgan fingerprint density at radius 1 is 0.760 bits per heavy atom. The molecule has 25 heavy (non-hydrogen) atoms. The van der Waals surface area contributed by atoms with Crippen molar-refractivity contribution in [2.24, 2.45) is 0 Å². The molecule has 3 aromatic carbocycles. The van der Waals surface area contributed by atoms with Crippen molar-refractivity contribution in [3.8, 4) is 0 Å². The SMILES string of the molecule is O=C(Nc1ccccc1)[C@H](NCCc1ccccc1)c1ccccc1. The first-order chi connectivity index (χ1) is 12.3. The fourth-order valence-electron chi connectivity index (χ4n) is 2.75. The van der Waals surface area contributed by atoms with E-state index < -0.39 is 0 Å². The maximum absolute atomic E-state index is 12.8. The number of hydrogen-bond acceptors (Lipinski definition) is 2. The second-order valence-corrected chi connectivity index (χ2v) is 5.89. The summed E-state index contributed by atoms with van der Waals surface area (Å²) < 4.78 is 0. The Morgan fingerprint density at radius 3 is 1.96 bits per heavy atom. The minimum absolute atomic E-state index is 0.0505. The number of amides is 1. The largest absolute Gasteiger partial charge is 0.324 e. The molecule has 0 heterocycles. The topological polar surface area (TPSA) is 41.1 Å². The molecule has 0 radical (unpaired) electrons. The fourth-order valence-corrected chi connectivity index (χ4v) is 2.75. The van der Waals surface area contributed by atoms with Crippen molar-refractivity contribution >= 4 is 11.6 Å². The molecule has 0 aromatic heterocycles. The molecule has 0 aliphatic heterocycles. The van der Waals surface area contributed by atoms with Crippen LogP contribution in [0.25, 0.3) is 0 Å². The lowest BCUT2D eigenvalue weighted by atomic mass is 10.1. The summed E-state index contributed by atoms with van der Waals surface area (Å²) in [5.74, 6) is -0.0505. The Bertz CT molecular complexity index is 773. The maximum atomic E-state index is 12.8. The maximum Gasteiger partial charge on any atom is 0.246 e. The molecule has 1 amide bonds. The van der Waals surface area contributed by atoms with Crippen LogP contribution in [0.5, 0.6) is 0 Å². The average Bonchev–Trinajstić information content (AvgIpc) is 2.67. The zero-order valence-electron chi connectivity index (χ0n) is 14.1. The van der Waals surface area contributed by atoms with Gasteiger partial charge in [-0.3, -0.25) is 4.79 Å². The van der Waals surface area contributed by atoms with Gasteiger partial charge in [0, 0.05) is 12.2 Å². The van der Waals surface area contributed by atoms with Gasteiger partial charge in [-0.1, -0.05) is 78.9 Å². The second-order valence-electron chi connectivity index (χ2n) is 5.89. The lowest BCUT2D eigenvalue weighted by molar-refractivity contribution is -0.118. The van der Waals surface area contributed by atoms with Gasteiger partial charge in [-0.25, -0.2) is 0 Å². The molecule has 2 N–H and O–H groups in total. The van der Waals surface area contributed by atoms with Gasteiger partial charge in [0.2, 0.25) is 5.91 Å². The molecule has 0 aliphatic carbocycles. The summed E-state index contributed by atoms with van der Waals surface area (Å²) in [6, 6.07) is 29.3. The molecule has 1 atom stereocenters. The van der Waals surface area contributed by atoms with E-state index in [1.807, 2.05) is 78.9 Å². The number of benzene rings is 3. The molecule has 0 fully saturated rings. The first kappa shape index (κ1) is 16.9. The van der Waals surface area contributed by atoms with E-state index in [2.05, 4.69) is 22.8 Å². The van der Waals surface area contributed by atoms with Crippen LogP contribution in [0.15, 0.2) is 91.0 Å². The Morgan fingerprint density at radius 2 is 1.32 bits per heavy atom. The number of carbonyl (C=O) groups is 1. The van der Waals surface area contributed by atoms with E-state index in [0.717, 1.165) is 24.2 Å².